The number of carbonyl (C=O) groups is 1. The van der Waals surface area contributed by atoms with E-state index in [-0.39, 0.29) is 11.8 Å². The highest BCUT2D eigenvalue weighted by atomic mass is 16.5. The summed E-state index contributed by atoms with van der Waals surface area (Å²) < 4.78 is 12.7. The highest BCUT2D eigenvalue weighted by Crippen LogP contribution is 2.43. The number of ether oxygens (including phenoxy) is 2. The van der Waals surface area contributed by atoms with E-state index in [0.717, 1.165) is 28.9 Å². The van der Waals surface area contributed by atoms with Crippen molar-refractivity contribution in [3.8, 4) is 11.5 Å². The van der Waals surface area contributed by atoms with E-state index in [2.05, 4.69) is 34.7 Å². The summed E-state index contributed by atoms with van der Waals surface area (Å²) in [7, 11) is 3.20. The van der Waals surface area contributed by atoms with Crippen LogP contribution in [0.5, 0.6) is 11.5 Å². The van der Waals surface area contributed by atoms with Gasteiger partial charge in [-0.15, -0.1) is 0 Å². The zero-order chi connectivity index (χ0) is 18.8. The molecule has 1 atom stereocenters. The number of rotatable bonds is 5. The molecule has 0 fully saturated rings. The van der Waals surface area contributed by atoms with Crippen LogP contribution in [0.3, 0.4) is 0 Å². The van der Waals surface area contributed by atoms with Crippen LogP contribution in [0.1, 0.15) is 29.0 Å². The second-order valence-electron chi connectivity index (χ2n) is 6.54. The zero-order valence-corrected chi connectivity index (χ0v) is 15.3. The summed E-state index contributed by atoms with van der Waals surface area (Å²) in [6.07, 6.45) is 4.11. The number of nitrogens with zero attached hydrogens (tertiary/aromatic N) is 2. The zero-order valence-electron chi connectivity index (χ0n) is 15.3. The highest BCUT2D eigenvalue weighted by Gasteiger charge is 2.28. The minimum Gasteiger partial charge on any atom is -0.493 e. The van der Waals surface area contributed by atoms with E-state index in [1.807, 2.05) is 29.1 Å². The third-order valence-electron chi connectivity index (χ3n) is 4.88. The molecule has 1 aromatic heterocycles. The van der Waals surface area contributed by atoms with Gasteiger partial charge in [0.2, 0.25) is 5.91 Å². The van der Waals surface area contributed by atoms with Crippen LogP contribution in [-0.2, 0) is 11.3 Å². The van der Waals surface area contributed by atoms with Gasteiger partial charge in [0, 0.05) is 36.5 Å². The number of methoxy groups -OCH3 is 2. The molecule has 27 heavy (non-hydrogen) atoms. The molecule has 1 aliphatic rings. The van der Waals surface area contributed by atoms with Crippen molar-refractivity contribution in [1.82, 2.24) is 9.78 Å². The van der Waals surface area contributed by atoms with Gasteiger partial charge in [-0.05, 0) is 28.8 Å². The van der Waals surface area contributed by atoms with Crippen molar-refractivity contribution in [3.63, 3.8) is 0 Å². The maximum Gasteiger partial charge on any atom is 0.225 e. The molecule has 0 bridgehead atoms. The average Bonchev–Trinajstić information content (AvgIpc) is 3.20. The predicted octanol–water partition coefficient (Wildman–Crippen LogP) is 3.42. The number of anilines is 1. The average molecular weight is 363 g/mol. The number of hydrogen-bond donors (Lipinski definition) is 1. The first-order valence-electron chi connectivity index (χ1n) is 8.80. The predicted molar refractivity (Wildman–Crippen MR) is 102 cm³/mol. The molecule has 3 aromatic rings. The van der Waals surface area contributed by atoms with Crippen molar-refractivity contribution in [2.75, 3.05) is 19.5 Å². The fraction of sp³-hybridized carbons (Fsp3) is 0.238. The Morgan fingerprint density at radius 1 is 1.15 bits per heavy atom. The lowest BCUT2D eigenvalue weighted by atomic mass is 9.84. The molecule has 1 aliphatic heterocycles. The van der Waals surface area contributed by atoms with Gasteiger partial charge < -0.3 is 14.8 Å². The number of amides is 1. The van der Waals surface area contributed by atoms with Gasteiger partial charge in [-0.25, -0.2) is 0 Å². The quantitative estimate of drug-likeness (QED) is 0.754. The summed E-state index contributed by atoms with van der Waals surface area (Å²) >= 11 is 0. The fourth-order valence-corrected chi connectivity index (χ4v) is 3.52. The minimum absolute atomic E-state index is 0.000313. The number of benzene rings is 2. The Morgan fingerprint density at radius 2 is 1.89 bits per heavy atom. The largest absolute Gasteiger partial charge is 0.493 e. The molecular weight excluding hydrogens is 342 g/mol. The molecule has 4 rings (SSSR count). The van der Waals surface area contributed by atoms with Gasteiger partial charge >= 0.3 is 0 Å². The molecule has 1 amide bonds. The first kappa shape index (κ1) is 17.1. The highest BCUT2D eigenvalue weighted by molar-refractivity contribution is 5.96. The lowest BCUT2D eigenvalue weighted by Crippen LogP contribution is -2.23. The second kappa shape index (κ2) is 7.15. The summed E-state index contributed by atoms with van der Waals surface area (Å²) in [5.74, 6) is 1.24. The number of aromatic nitrogens is 2. The number of hydrogen-bond acceptors (Lipinski definition) is 4. The molecule has 0 aliphatic carbocycles. The smallest absolute Gasteiger partial charge is 0.225 e. The molecule has 0 saturated heterocycles. The fourth-order valence-electron chi connectivity index (χ4n) is 3.52. The molecule has 2 heterocycles. The monoisotopic (exact) mass is 363 g/mol. The van der Waals surface area contributed by atoms with Crippen LogP contribution in [0, 0.1) is 0 Å². The standard InChI is InChI=1S/C21H21N3O3/c1-26-19-10-17-16(11-21(25)23-18(17)12-20(19)27-2)15-6-4-14(5-7-15)13-24-9-3-8-22-24/h3-10,12,16H,11,13H2,1-2H3,(H,23,25). The summed E-state index contributed by atoms with van der Waals surface area (Å²) in [6.45, 7) is 0.722. The topological polar surface area (TPSA) is 65.4 Å². The van der Waals surface area contributed by atoms with E-state index in [1.165, 1.54) is 0 Å². The summed E-state index contributed by atoms with van der Waals surface area (Å²) in [5.41, 5.74) is 4.07. The Hall–Kier alpha value is -3.28. The molecule has 138 valence electrons. The Balaban J connectivity index is 1.67. The molecule has 6 nitrogen and oxygen atoms in total. The van der Waals surface area contributed by atoms with Gasteiger partial charge in [-0.3, -0.25) is 9.48 Å². The van der Waals surface area contributed by atoms with E-state index in [0.29, 0.717) is 17.9 Å². The van der Waals surface area contributed by atoms with Crippen molar-refractivity contribution in [2.45, 2.75) is 18.9 Å². The van der Waals surface area contributed by atoms with Crippen molar-refractivity contribution in [3.05, 3.63) is 71.5 Å². The lowest BCUT2D eigenvalue weighted by molar-refractivity contribution is -0.116. The van der Waals surface area contributed by atoms with E-state index in [1.54, 1.807) is 20.4 Å². The number of fused-ring (bicyclic) bond motifs is 1. The summed E-state index contributed by atoms with van der Waals surface area (Å²) in [4.78, 5) is 12.2. The van der Waals surface area contributed by atoms with Crippen LogP contribution in [0.4, 0.5) is 5.69 Å². The van der Waals surface area contributed by atoms with Crippen LogP contribution in [0.25, 0.3) is 0 Å². The van der Waals surface area contributed by atoms with Crippen molar-refractivity contribution >= 4 is 11.6 Å². The van der Waals surface area contributed by atoms with Crippen LogP contribution in [-0.4, -0.2) is 29.9 Å². The van der Waals surface area contributed by atoms with Crippen molar-refractivity contribution < 1.29 is 14.3 Å². The summed E-state index contributed by atoms with van der Waals surface area (Å²) in [5, 5.41) is 7.18. The van der Waals surface area contributed by atoms with Gasteiger partial charge in [-0.2, -0.15) is 5.10 Å². The van der Waals surface area contributed by atoms with Crippen LogP contribution >= 0.6 is 0 Å². The first-order valence-corrected chi connectivity index (χ1v) is 8.80. The van der Waals surface area contributed by atoms with Crippen LogP contribution in [0.2, 0.25) is 0 Å². The van der Waals surface area contributed by atoms with Gasteiger partial charge in [0.25, 0.3) is 0 Å². The molecule has 2 aromatic carbocycles. The molecule has 0 saturated carbocycles. The Labute approximate surface area is 157 Å². The van der Waals surface area contributed by atoms with E-state index in [9.17, 15) is 4.79 Å². The van der Waals surface area contributed by atoms with Gasteiger partial charge in [-0.1, -0.05) is 24.3 Å². The second-order valence-corrected chi connectivity index (χ2v) is 6.54. The number of carbonyl (C=O) groups excluding carboxylic acids is 1. The molecule has 6 heteroatoms. The third-order valence-corrected chi connectivity index (χ3v) is 4.88. The van der Waals surface area contributed by atoms with Gasteiger partial charge in [0.05, 0.1) is 20.8 Å². The first-order chi connectivity index (χ1) is 13.2. The summed E-state index contributed by atoms with van der Waals surface area (Å²) in [6, 6.07) is 14.0. The molecule has 1 N–H and O–H groups in total. The minimum atomic E-state index is -0.0210. The normalized spacial score (nSPS) is 15.8. The van der Waals surface area contributed by atoms with Crippen molar-refractivity contribution in [1.29, 1.82) is 0 Å². The van der Waals surface area contributed by atoms with Crippen LogP contribution < -0.4 is 14.8 Å². The van der Waals surface area contributed by atoms with Crippen LogP contribution in [0.15, 0.2) is 54.9 Å². The molecule has 0 spiro atoms. The van der Waals surface area contributed by atoms with Gasteiger partial charge in [0.1, 0.15) is 0 Å². The van der Waals surface area contributed by atoms with Gasteiger partial charge in [0.15, 0.2) is 11.5 Å². The molecule has 0 radical (unpaired) electrons. The Bertz CT molecular complexity index is 950. The maximum atomic E-state index is 12.2. The maximum absolute atomic E-state index is 12.2. The third kappa shape index (κ3) is 3.38. The van der Waals surface area contributed by atoms with E-state index in [4.69, 9.17) is 9.47 Å². The van der Waals surface area contributed by atoms with E-state index < -0.39 is 0 Å². The molecule has 1 unspecified atom stereocenters. The molecular formula is C21H21N3O3. The lowest BCUT2D eigenvalue weighted by Gasteiger charge is -2.27. The SMILES string of the molecule is COc1cc2c(cc1OC)C(c1ccc(Cn3cccn3)cc1)CC(=O)N2. The van der Waals surface area contributed by atoms with E-state index >= 15 is 0 Å². The van der Waals surface area contributed by atoms with Crippen molar-refractivity contribution in [2.24, 2.45) is 0 Å². The Kier molecular flexibility index (Phi) is 4.54. The Morgan fingerprint density at radius 3 is 2.56 bits per heavy atom. The number of nitrogens with one attached hydrogen (secondary N) is 1.